The highest BCUT2D eigenvalue weighted by molar-refractivity contribution is 5.92. The van der Waals surface area contributed by atoms with Crippen molar-refractivity contribution in [1.29, 1.82) is 0 Å². The Hall–Kier alpha value is -2.97. The van der Waals surface area contributed by atoms with Crippen molar-refractivity contribution in [3.8, 4) is 0 Å². The summed E-state index contributed by atoms with van der Waals surface area (Å²) in [5.41, 5.74) is 1.25. The van der Waals surface area contributed by atoms with Crippen molar-refractivity contribution < 1.29 is 23.8 Å². The Morgan fingerprint density at radius 3 is 2.44 bits per heavy atom. The number of nitrogens with one attached hydrogen (secondary N) is 1. The van der Waals surface area contributed by atoms with Gasteiger partial charge in [-0.1, -0.05) is 12.1 Å². The third kappa shape index (κ3) is 7.04. The van der Waals surface area contributed by atoms with Crippen LogP contribution in [0.1, 0.15) is 48.5 Å². The minimum atomic E-state index is -0.937. The molecule has 8 heteroatoms. The summed E-state index contributed by atoms with van der Waals surface area (Å²) in [5, 5.41) is 14.2. The molecule has 0 aromatic heterocycles. The number of ether oxygens (including phenoxy) is 1. The zero-order chi connectivity index (χ0) is 25.5. The van der Waals surface area contributed by atoms with E-state index in [1.54, 1.807) is 36.1 Å². The number of urea groups is 1. The monoisotopic (exact) mass is 497 g/mol. The first-order chi connectivity index (χ1) is 17.3. The maximum atomic E-state index is 13.2. The molecule has 4 rings (SSSR count). The number of benzene rings is 2. The molecule has 1 atom stereocenters. The summed E-state index contributed by atoms with van der Waals surface area (Å²) in [6.07, 6.45) is 4.44. The molecule has 0 radical (unpaired) electrons. The highest BCUT2D eigenvalue weighted by Crippen LogP contribution is 2.27. The molecule has 0 spiro atoms. The lowest BCUT2D eigenvalue weighted by atomic mass is 9.88. The topological polar surface area (TPSA) is 82.1 Å². The smallest absolute Gasteiger partial charge is 0.338 e. The highest BCUT2D eigenvalue weighted by atomic mass is 19.1. The summed E-state index contributed by atoms with van der Waals surface area (Å²) in [5.74, 6) is -0.0370. The number of anilines is 1. The summed E-state index contributed by atoms with van der Waals surface area (Å²) in [4.78, 5) is 28.7. The summed E-state index contributed by atoms with van der Waals surface area (Å²) >= 11 is 0. The summed E-state index contributed by atoms with van der Waals surface area (Å²) < 4.78 is 18.1. The van der Waals surface area contributed by atoms with Crippen molar-refractivity contribution in [1.82, 2.24) is 9.80 Å². The predicted molar refractivity (Wildman–Crippen MR) is 136 cm³/mol. The van der Waals surface area contributed by atoms with E-state index in [0.717, 1.165) is 44.3 Å². The predicted octanol–water partition coefficient (Wildman–Crippen LogP) is 4.32. The van der Waals surface area contributed by atoms with E-state index < -0.39 is 11.6 Å². The second-order valence-electron chi connectivity index (χ2n) is 10.0. The molecule has 2 N–H and O–H groups in total. The Morgan fingerprint density at radius 1 is 1.08 bits per heavy atom. The molecule has 0 saturated carbocycles. The van der Waals surface area contributed by atoms with Gasteiger partial charge in [0.2, 0.25) is 0 Å². The Morgan fingerprint density at radius 2 is 1.78 bits per heavy atom. The van der Waals surface area contributed by atoms with E-state index in [2.05, 4.69) is 10.2 Å². The maximum Gasteiger partial charge on any atom is 0.338 e. The first-order valence-electron chi connectivity index (χ1n) is 12.9. The number of carbonyl (C=O) groups excluding carboxylic acids is 2. The molecule has 2 heterocycles. The molecule has 2 aliphatic rings. The quantitative estimate of drug-likeness (QED) is 0.557. The molecular formula is C28H36FN3O4. The van der Waals surface area contributed by atoms with Gasteiger partial charge in [-0.05, 0) is 100.0 Å². The second kappa shape index (κ2) is 11.8. The maximum absolute atomic E-state index is 13.2. The fraction of sp³-hybridized carbons (Fsp3) is 0.500. The second-order valence-corrected chi connectivity index (χ2v) is 10.0. The number of halogens is 1. The van der Waals surface area contributed by atoms with Crippen LogP contribution in [0.15, 0.2) is 48.5 Å². The standard InChI is InChI=1S/C28H36FN3O4/c1-2-36-26(33)23-6-10-25(11-7-23)30-27(34)32-15-3-14-28(35,20-32)19-31-16-12-22(13-17-31)18-21-4-8-24(29)9-5-21/h4-11,22,35H,2-3,12-20H2,1H3,(H,30,34). The van der Waals surface area contributed by atoms with Crippen LogP contribution < -0.4 is 5.32 Å². The number of hydrogen-bond donors (Lipinski definition) is 2. The summed E-state index contributed by atoms with van der Waals surface area (Å²) in [6.45, 7) is 5.31. The van der Waals surface area contributed by atoms with Crippen LogP contribution in [0.25, 0.3) is 0 Å². The Kier molecular flexibility index (Phi) is 8.59. The van der Waals surface area contributed by atoms with Gasteiger partial charge in [0.15, 0.2) is 0 Å². The van der Waals surface area contributed by atoms with Gasteiger partial charge in [0.1, 0.15) is 5.82 Å². The average molecular weight is 498 g/mol. The number of esters is 1. The van der Waals surface area contributed by atoms with E-state index in [4.69, 9.17) is 4.74 Å². The van der Waals surface area contributed by atoms with E-state index in [1.165, 1.54) is 12.1 Å². The minimum absolute atomic E-state index is 0.205. The van der Waals surface area contributed by atoms with Crippen LogP contribution >= 0.6 is 0 Å². The molecule has 36 heavy (non-hydrogen) atoms. The molecule has 7 nitrogen and oxygen atoms in total. The molecule has 2 fully saturated rings. The van der Waals surface area contributed by atoms with Crippen LogP contribution in [0.3, 0.4) is 0 Å². The SMILES string of the molecule is CCOC(=O)c1ccc(NC(=O)N2CCCC(O)(CN3CCC(Cc4ccc(F)cc4)CC3)C2)cc1. The fourth-order valence-corrected chi connectivity index (χ4v) is 5.24. The van der Waals surface area contributed by atoms with Crippen molar-refractivity contribution in [2.24, 2.45) is 5.92 Å². The number of carbonyl (C=O) groups is 2. The molecule has 1 unspecified atom stereocenters. The number of nitrogens with zero attached hydrogens (tertiary/aromatic N) is 2. The molecule has 0 bridgehead atoms. The van der Waals surface area contributed by atoms with Crippen LogP contribution in [0.2, 0.25) is 0 Å². The number of aliphatic hydroxyl groups is 1. The van der Waals surface area contributed by atoms with Crippen LogP contribution in [0, 0.1) is 11.7 Å². The first-order valence-corrected chi connectivity index (χ1v) is 12.9. The van der Waals surface area contributed by atoms with Crippen LogP contribution in [0.4, 0.5) is 14.9 Å². The van der Waals surface area contributed by atoms with Gasteiger partial charge in [0, 0.05) is 18.8 Å². The molecule has 2 aromatic carbocycles. The Balaban J connectivity index is 1.25. The van der Waals surface area contributed by atoms with Crippen molar-refractivity contribution in [2.45, 2.75) is 44.6 Å². The fourth-order valence-electron chi connectivity index (χ4n) is 5.24. The lowest BCUT2D eigenvalue weighted by Gasteiger charge is -2.43. The summed E-state index contributed by atoms with van der Waals surface area (Å²) in [6, 6.07) is 13.1. The number of hydrogen-bond acceptors (Lipinski definition) is 5. The highest BCUT2D eigenvalue weighted by Gasteiger charge is 2.37. The molecular weight excluding hydrogens is 461 g/mol. The Bertz CT molecular complexity index is 1020. The van der Waals surface area contributed by atoms with Gasteiger partial charge in [-0.3, -0.25) is 0 Å². The van der Waals surface area contributed by atoms with Crippen molar-refractivity contribution in [2.75, 3.05) is 44.6 Å². The number of likely N-dealkylation sites (tertiary alicyclic amines) is 2. The molecule has 0 aliphatic carbocycles. The zero-order valence-corrected chi connectivity index (χ0v) is 20.9. The van der Waals surface area contributed by atoms with E-state index in [0.29, 0.717) is 43.3 Å². The summed E-state index contributed by atoms with van der Waals surface area (Å²) in [7, 11) is 0. The van der Waals surface area contributed by atoms with E-state index >= 15 is 0 Å². The Labute approximate surface area is 212 Å². The van der Waals surface area contributed by atoms with E-state index in [9.17, 15) is 19.1 Å². The lowest BCUT2D eigenvalue weighted by Crippen LogP contribution is -2.57. The van der Waals surface area contributed by atoms with Gasteiger partial charge in [-0.2, -0.15) is 0 Å². The third-order valence-corrected chi connectivity index (χ3v) is 7.15. The van der Waals surface area contributed by atoms with Crippen LogP contribution in [0.5, 0.6) is 0 Å². The number of amides is 2. The van der Waals surface area contributed by atoms with Gasteiger partial charge < -0.3 is 25.0 Å². The zero-order valence-electron chi connectivity index (χ0n) is 20.9. The molecule has 2 aromatic rings. The molecule has 2 amide bonds. The van der Waals surface area contributed by atoms with Gasteiger partial charge >= 0.3 is 12.0 Å². The van der Waals surface area contributed by atoms with E-state index in [1.807, 2.05) is 12.1 Å². The normalized spacial score (nSPS) is 21.2. The van der Waals surface area contributed by atoms with Gasteiger partial charge in [0.05, 0.1) is 24.3 Å². The van der Waals surface area contributed by atoms with Crippen molar-refractivity contribution in [3.05, 3.63) is 65.5 Å². The number of β-amino-alcohol motifs (C(OH)–C–C–N with tert-alkyl or cyclic N) is 1. The molecule has 194 valence electrons. The molecule has 2 aliphatic heterocycles. The number of piperidine rings is 2. The van der Waals surface area contributed by atoms with Gasteiger partial charge in [0.25, 0.3) is 0 Å². The van der Waals surface area contributed by atoms with Crippen molar-refractivity contribution >= 4 is 17.7 Å². The first kappa shape index (κ1) is 26.1. The number of rotatable bonds is 7. The third-order valence-electron chi connectivity index (χ3n) is 7.15. The molecule has 2 saturated heterocycles. The average Bonchev–Trinajstić information content (AvgIpc) is 2.87. The lowest BCUT2D eigenvalue weighted by molar-refractivity contribution is -0.0469. The van der Waals surface area contributed by atoms with Crippen molar-refractivity contribution in [3.63, 3.8) is 0 Å². The largest absolute Gasteiger partial charge is 0.462 e. The van der Waals surface area contributed by atoms with Gasteiger partial charge in [-0.25, -0.2) is 14.0 Å². The van der Waals surface area contributed by atoms with Crippen LogP contribution in [-0.4, -0.2) is 71.8 Å². The minimum Gasteiger partial charge on any atom is -0.462 e. The van der Waals surface area contributed by atoms with Crippen LogP contribution in [-0.2, 0) is 11.2 Å². The van der Waals surface area contributed by atoms with Gasteiger partial charge in [-0.15, -0.1) is 0 Å². The van der Waals surface area contributed by atoms with E-state index in [-0.39, 0.29) is 18.4 Å².